The van der Waals surface area contributed by atoms with Gasteiger partial charge in [0.05, 0.1) is 0 Å². The number of hydrogen-bond donors (Lipinski definition) is 1. The molecular formula is C23H34O4. The highest BCUT2D eigenvalue weighted by Gasteiger charge is 2.57. The van der Waals surface area contributed by atoms with Gasteiger partial charge in [-0.1, -0.05) is 18.1 Å². The molecule has 4 heteroatoms. The van der Waals surface area contributed by atoms with E-state index < -0.39 is 0 Å². The number of carbonyl (C=O) groups excluding carboxylic acids is 2. The lowest BCUT2D eigenvalue weighted by molar-refractivity contribution is -0.155. The SMILES string of the molecule is CC(=O)OC1CC[C@@]2(CO)C(CCC3=C4CC[C@H](C(C)=O)[C@@]4(C)CC[C@@H]32)C1. The molecule has 6 atom stereocenters. The first-order chi connectivity index (χ1) is 12.8. The summed E-state index contributed by atoms with van der Waals surface area (Å²) >= 11 is 0. The van der Waals surface area contributed by atoms with Gasteiger partial charge in [-0.3, -0.25) is 9.59 Å². The van der Waals surface area contributed by atoms with Crippen LogP contribution in [0.1, 0.15) is 78.6 Å². The first-order valence-corrected chi connectivity index (χ1v) is 10.8. The maximum absolute atomic E-state index is 12.2. The van der Waals surface area contributed by atoms with E-state index in [4.69, 9.17) is 4.74 Å². The van der Waals surface area contributed by atoms with Crippen molar-refractivity contribution in [1.82, 2.24) is 0 Å². The Morgan fingerprint density at radius 2 is 1.89 bits per heavy atom. The van der Waals surface area contributed by atoms with E-state index in [0.29, 0.717) is 17.6 Å². The minimum Gasteiger partial charge on any atom is -0.463 e. The molecule has 2 unspecified atom stereocenters. The smallest absolute Gasteiger partial charge is 0.302 e. The van der Waals surface area contributed by atoms with E-state index in [9.17, 15) is 14.7 Å². The number of aliphatic hydroxyl groups excluding tert-OH is 1. The summed E-state index contributed by atoms with van der Waals surface area (Å²) in [5.41, 5.74) is 3.15. The number of carbonyl (C=O) groups is 2. The number of rotatable bonds is 3. The van der Waals surface area contributed by atoms with E-state index in [-0.39, 0.29) is 35.4 Å². The number of esters is 1. The molecule has 150 valence electrons. The Morgan fingerprint density at radius 3 is 2.56 bits per heavy atom. The van der Waals surface area contributed by atoms with Crippen LogP contribution in [0.3, 0.4) is 0 Å². The molecule has 0 aliphatic heterocycles. The van der Waals surface area contributed by atoms with Crippen LogP contribution in [-0.4, -0.2) is 29.6 Å². The lowest BCUT2D eigenvalue weighted by Crippen LogP contribution is -2.52. The zero-order chi connectivity index (χ0) is 19.4. The van der Waals surface area contributed by atoms with Gasteiger partial charge in [0.25, 0.3) is 0 Å². The highest BCUT2D eigenvalue weighted by atomic mass is 16.5. The van der Waals surface area contributed by atoms with Gasteiger partial charge in [-0.05, 0) is 82.0 Å². The summed E-state index contributed by atoms with van der Waals surface area (Å²) in [5.74, 6) is 1.23. The maximum atomic E-state index is 12.2. The molecule has 4 nitrogen and oxygen atoms in total. The van der Waals surface area contributed by atoms with E-state index in [1.807, 2.05) is 0 Å². The van der Waals surface area contributed by atoms with Gasteiger partial charge < -0.3 is 9.84 Å². The average Bonchev–Trinajstić information content (AvgIpc) is 2.98. The Kier molecular flexibility index (Phi) is 4.77. The van der Waals surface area contributed by atoms with Crippen LogP contribution in [0.2, 0.25) is 0 Å². The third-order valence-electron chi connectivity index (χ3n) is 8.77. The van der Waals surface area contributed by atoms with Crippen LogP contribution >= 0.6 is 0 Å². The third kappa shape index (κ3) is 2.82. The zero-order valence-electron chi connectivity index (χ0n) is 17.1. The van der Waals surface area contributed by atoms with Gasteiger partial charge in [0, 0.05) is 24.9 Å². The summed E-state index contributed by atoms with van der Waals surface area (Å²) in [4.78, 5) is 23.6. The molecule has 4 rings (SSSR count). The van der Waals surface area contributed by atoms with Gasteiger partial charge >= 0.3 is 5.97 Å². The number of aliphatic hydroxyl groups is 1. The van der Waals surface area contributed by atoms with Crippen molar-refractivity contribution in [3.63, 3.8) is 0 Å². The molecular weight excluding hydrogens is 340 g/mol. The van der Waals surface area contributed by atoms with Gasteiger partial charge in [-0.25, -0.2) is 0 Å². The fourth-order valence-corrected chi connectivity index (χ4v) is 7.55. The molecule has 0 spiro atoms. The van der Waals surface area contributed by atoms with Gasteiger partial charge in [0.1, 0.15) is 11.9 Å². The number of ether oxygens (including phenoxy) is 1. The third-order valence-corrected chi connectivity index (χ3v) is 8.77. The normalized spacial score (nSPS) is 43.6. The highest BCUT2D eigenvalue weighted by Crippen LogP contribution is 2.65. The molecule has 4 aliphatic carbocycles. The zero-order valence-corrected chi connectivity index (χ0v) is 17.1. The van der Waals surface area contributed by atoms with Crippen molar-refractivity contribution in [1.29, 1.82) is 0 Å². The van der Waals surface area contributed by atoms with Crippen molar-refractivity contribution in [3.8, 4) is 0 Å². The molecule has 0 bridgehead atoms. The van der Waals surface area contributed by atoms with E-state index in [1.54, 1.807) is 18.1 Å². The number of ketones is 1. The molecule has 4 aliphatic rings. The second-order valence-electron chi connectivity index (χ2n) is 9.85. The summed E-state index contributed by atoms with van der Waals surface area (Å²) in [6.45, 7) is 5.81. The van der Waals surface area contributed by atoms with Crippen molar-refractivity contribution in [2.75, 3.05) is 6.61 Å². The molecule has 0 amide bonds. The molecule has 0 heterocycles. The summed E-state index contributed by atoms with van der Waals surface area (Å²) < 4.78 is 5.52. The molecule has 0 aromatic heterocycles. The van der Waals surface area contributed by atoms with Crippen LogP contribution in [0.4, 0.5) is 0 Å². The van der Waals surface area contributed by atoms with Crippen LogP contribution in [0.5, 0.6) is 0 Å². The fourth-order valence-electron chi connectivity index (χ4n) is 7.55. The maximum Gasteiger partial charge on any atom is 0.302 e. The quantitative estimate of drug-likeness (QED) is 0.594. The van der Waals surface area contributed by atoms with Gasteiger partial charge in [0.15, 0.2) is 0 Å². The van der Waals surface area contributed by atoms with Gasteiger partial charge in [-0.15, -0.1) is 0 Å². The highest BCUT2D eigenvalue weighted by molar-refractivity contribution is 5.80. The molecule has 1 N–H and O–H groups in total. The number of Topliss-reactive ketones (excluding diaryl/α,β-unsaturated/α-hetero) is 1. The molecule has 0 aromatic carbocycles. The summed E-state index contributed by atoms with van der Waals surface area (Å²) in [6, 6.07) is 0. The summed E-state index contributed by atoms with van der Waals surface area (Å²) in [5, 5.41) is 10.5. The second kappa shape index (κ2) is 6.72. The minimum absolute atomic E-state index is 0.0174. The van der Waals surface area contributed by atoms with Crippen molar-refractivity contribution < 1.29 is 19.4 Å². The van der Waals surface area contributed by atoms with Crippen molar-refractivity contribution >= 4 is 11.8 Å². The monoisotopic (exact) mass is 374 g/mol. The van der Waals surface area contributed by atoms with E-state index >= 15 is 0 Å². The van der Waals surface area contributed by atoms with Gasteiger partial charge in [-0.2, -0.15) is 0 Å². The van der Waals surface area contributed by atoms with Gasteiger partial charge in [0.2, 0.25) is 0 Å². The topological polar surface area (TPSA) is 63.6 Å². The predicted molar refractivity (Wildman–Crippen MR) is 103 cm³/mol. The standard InChI is InChI=1S/C23H34O4/c1-14(25)19-6-7-20-18-5-4-16-12-17(27-15(2)26)8-11-23(16,13-24)21(18)9-10-22(19,20)3/h16-17,19,21,24H,4-13H2,1-3H3/t16?,17?,19-,21+,22-,23-/m1/s1. The van der Waals surface area contributed by atoms with Crippen LogP contribution < -0.4 is 0 Å². The van der Waals surface area contributed by atoms with E-state index in [1.165, 1.54) is 6.92 Å². The van der Waals surface area contributed by atoms with Crippen LogP contribution in [0.15, 0.2) is 11.1 Å². The Morgan fingerprint density at radius 1 is 1.11 bits per heavy atom. The number of allylic oxidation sites excluding steroid dienone is 2. The van der Waals surface area contributed by atoms with Crippen LogP contribution in [0.25, 0.3) is 0 Å². The van der Waals surface area contributed by atoms with Crippen LogP contribution in [0, 0.1) is 28.6 Å². The minimum atomic E-state index is -0.190. The Balaban J connectivity index is 1.65. The molecule has 3 saturated carbocycles. The average molecular weight is 375 g/mol. The van der Waals surface area contributed by atoms with Crippen LogP contribution in [-0.2, 0) is 14.3 Å². The van der Waals surface area contributed by atoms with Crippen molar-refractivity contribution in [2.45, 2.75) is 84.7 Å². The number of fused-ring (bicyclic) bond motifs is 4. The summed E-state index contributed by atoms with van der Waals surface area (Å²) in [6.07, 6.45) is 9.13. The number of hydrogen-bond acceptors (Lipinski definition) is 4. The molecule has 27 heavy (non-hydrogen) atoms. The van der Waals surface area contributed by atoms with Crippen molar-refractivity contribution in [3.05, 3.63) is 11.1 Å². The fraction of sp³-hybridized carbons (Fsp3) is 0.826. The molecule has 0 radical (unpaired) electrons. The van der Waals surface area contributed by atoms with E-state index in [0.717, 1.165) is 57.8 Å². The first kappa shape index (κ1) is 19.2. The Hall–Kier alpha value is -1.16. The largest absolute Gasteiger partial charge is 0.463 e. The molecule has 0 aromatic rings. The van der Waals surface area contributed by atoms with Crippen molar-refractivity contribution in [2.24, 2.45) is 28.6 Å². The lowest BCUT2D eigenvalue weighted by Gasteiger charge is -2.57. The predicted octanol–water partition coefficient (Wildman–Crippen LogP) is 4.20. The first-order valence-electron chi connectivity index (χ1n) is 10.8. The Labute approximate surface area is 162 Å². The summed E-state index contributed by atoms with van der Waals surface area (Å²) in [7, 11) is 0. The molecule has 3 fully saturated rings. The second-order valence-corrected chi connectivity index (χ2v) is 9.85. The Bertz CT molecular complexity index is 680. The van der Waals surface area contributed by atoms with E-state index in [2.05, 4.69) is 6.92 Å². The molecule has 0 saturated heterocycles. The lowest BCUT2D eigenvalue weighted by atomic mass is 9.48.